The lowest BCUT2D eigenvalue weighted by molar-refractivity contribution is -0.122. The first kappa shape index (κ1) is 27.2. The third-order valence-electron chi connectivity index (χ3n) is 6.98. The Balaban J connectivity index is 1.41. The van der Waals surface area contributed by atoms with Gasteiger partial charge in [-0.1, -0.05) is 84.8 Å². The van der Waals surface area contributed by atoms with Gasteiger partial charge in [-0.3, -0.25) is 23.7 Å². The Hall–Kier alpha value is -2.99. The highest BCUT2D eigenvalue weighted by Gasteiger charge is 2.56. The van der Waals surface area contributed by atoms with Crippen LogP contribution in [0.4, 0.5) is 11.4 Å². The summed E-state index contributed by atoms with van der Waals surface area (Å²) in [4.78, 5) is 55.6. The van der Waals surface area contributed by atoms with Gasteiger partial charge in [-0.15, -0.1) is 0 Å². The van der Waals surface area contributed by atoms with E-state index < -0.39 is 17.1 Å². The van der Waals surface area contributed by atoms with Gasteiger partial charge in [0.25, 0.3) is 0 Å². The quantitative estimate of drug-likeness (QED) is 0.252. The Morgan fingerprint density at radius 3 is 2.35 bits per heavy atom. The van der Waals surface area contributed by atoms with Crippen LogP contribution in [0.5, 0.6) is 0 Å². The highest BCUT2D eigenvalue weighted by Crippen LogP contribution is 2.54. The monoisotopic (exact) mass is 697 g/mol. The SMILES string of the molecule is Cc1ccc(NC(=O)Cn2c3c(sc2=O)[C@@H](c2cccc(Br)c2)[C@@H]2C(=O)N(c4ccc(Br)cc4)C(=O)[C@@H]2S3)cc1. The van der Waals surface area contributed by atoms with Crippen molar-refractivity contribution in [2.45, 2.75) is 29.7 Å². The second kappa shape index (κ2) is 10.8. The minimum absolute atomic E-state index is 0.202. The molecule has 1 saturated heterocycles. The maximum Gasteiger partial charge on any atom is 0.308 e. The summed E-state index contributed by atoms with van der Waals surface area (Å²) in [6, 6.07) is 22.0. The summed E-state index contributed by atoms with van der Waals surface area (Å²) in [5.74, 6) is -2.20. The minimum Gasteiger partial charge on any atom is -0.325 e. The number of amides is 3. The van der Waals surface area contributed by atoms with Gasteiger partial charge in [0.1, 0.15) is 11.8 Å². The molecule has 1 aromatic heterocycles. The third kappa shape index (κ3) is 4.89. The molecule has 11 heteroatoms. The number of carbonyl (C=O) groups excluding carboxylic acids is 3. The van der Waals surface area contributed by atoms with E-state index in [2.05, 4.69) is 37.2 Å². The molecule has 3 aromatic carbocycles. The Bertz CT molecular complexity index is 1720. The molecule has 40 heavy (non-hydrogen) atoms. The van der Waals surface area contributed by atoms with E-state index in [0.29, 0.717) is 21.3 Å². The van der Waals surface area contributed by atoms with Crippen LogP contribution < -0.4 is 15.1 Å². The van der Waals surface area contributed by atoms with Gasteiger partial charge < -0.3 is 5.32 Å². The van der Waals surface area contributed by atoms with E-state index in [1.54, 1.807) is 36.4 Å². The normalized spacial score (nSPS) is 19.9. The number of fused-ring (bicyclic) bond motifs is 2. The molecule has 0 spiro atoms. The fraction of sp³-hybridized carbons (Fsp3) is 0.172. The fourth-order valence-corrected chi connectivity index (χ4v) is 8.59. The smallest absolute Gasteiger partial charge is 0.308 e. The van der Waals surface area contributed by atoms with Crippen LogP contribution in [-0.4, -0.2) is 27.5 Å². The molecule has 0 radical (unpaired) electrons. The van der Waals surface area contributed by atoms with Crippen molar-refractivity contribution in [3.05, 3.63) is 107 Å². The van der Waals surface area contributed by atoms with Crippen LogP contribution >= 0.6 is 55.0 Å². The van der Waals surface area contributed by atoms with Gasteiger partial charge in [0.2, 0.25) is 17.7 Å². The number of thiazole rings is 1. The molecule has 4 aromatic rings. The average Bonchev–Trinajstić information content (AvgIpc) is 3.36. The van der Waals surface area contributed by atoms with Crippen LogP contribution in [0.3, 0.4) is 0 Å². The van der Waals surface area contributed by atoms with Gasteiger partial charge in [0.15, 0.2) is 0 Å². The number of anilines is 2. The summed E-state index contributed by atoms with van der Waals surface area (Å²) < 4.78 is 3.09. The molecule has 0 aliphatic carbocycles. The first-order valence-corrected chi connectivity index (χ1v) is 15.6. The Morgan fingerprint density at radius 1 is 0.925 bits per heavy atom. The summed E-state index contributed by atoms with van der Waals surface area (Å²) in [5.41, 5.74) is 3.02. The summed E-state index contributed by atoms with van der Waals surface area (Å²) in [5, 5.41) is 2.66. The number of nitrogens with one attached hydrogen (secondary N) is 1. The second-order valence-corrected chi connectivity index (χ2v) is 13.6. The zero-order valence-corrected chi connectivity index (χ0v) is 25.8. The molecule has 3 heterocycles. The van der Waals surface area contributed by atoms with E-state index in [1.165, 1.54) is 21.2 Å². The molecule has 1 N–H and O–H groups in total. The van der Waals surface area contributed by atoms with Gasteiger partial charge in [-0.05, 0) is 61.0 Å². The number of hydrogen-bond donors (Lipinski definition) is 1. The maximum atomic E-state index is 13.9. The van der Waals surface area contributed by atoms with Crippen molar-refractivity contribution in [1.29, 1.82) is 0 Å². The number of hydrogen-bond acceptors (Lipinski definition) is 6. The van der Waals surface area contributed by atoms with Crippen LogP contribution in [0.15, 0.2) is 91.6 Å². The van der Waals surface area contributed by atoms with Gasteiger partial charge in [-0.25, -0.2) is 4.90 Å². The second-order valence-electron chi connectivity index (χ2n) is 9.62. The predicted molar refractivity (Wildman–Crippen MR) is 164 cm³/mol. The number of halogens is 2. The van der Waals surface area contributed by atoms with E-state index in [1.807, 2.05) is 43.3 Å². The van der Waals surface area contributed by atoms with Crippen molar-refractivity contribution in [2.75, 3.05) is 10.2 Å². The molecule has 0 saturated carbocycles. The van der Waals surface area contributed by atoms with E-state index in [4.69, 9.17) is 0 Å². The van der Waals surface area contributed by atoms with Crippen molar-refractivity contribution in [2.24, 2.45) is 5.92 Å². The summed E-state index contributed by atoms with van der Waals surface area (Å²) in [6.07, 6.45) is 0. The van der Waals surface area contributed by atoms with Crippen LogP contribution in [0, 0.1) is 12.8 Å². The summed E-state index contributed by atoms with van der Waals surface area (Å²) in [6.45, 7) is 1.76. The van der Waals surface area contributed by atoms with Crippen LogP contribution in [-0.2, 0) is 20.9 Å². The molecule has 1 fully saturated rings. The van der Waals surface area contributed by atoms with Gasteiger partial charge in [0, 0.05) is 25.4 Å². The molecule has 7 nitrogen and oxygen atoms in total. The van der Waals surface area contributed by atoms with Crippen molar-refractivity contribution in [1.82, 2.24) is 4.57 Å². The van der Waals surface area contributed by atoms with Gasteiger partial charge >= 0.3 is 4.87 Å². The largest absolute Gasteiger partial charge is 0.325 e. The number of carbonyl (C=O) groups is 3. The average molecular weight is 699 g/mol. The van der Waals surface area contributed by atoms with Gasteiger partial charge in [0.05, 0.1) is 16.6 Å². The van der Waals surface area contributed by atoms with Gasteiger partial charge in [-0.2, -0.15) is 0 Å². The molecular formula is C29H21Br2N3O4S2. The third-order valence-corrected chi connectivity index (χ3v) is 10.6. The standard InChI is InChI=1S/C29H21Br2N3O4S2/c1-15-5-9-19(10-6-15)32-21(35)14-33-28-25(40-29(33)38)22(16-3-2-4-18(31)13-16)23-24(39-28)27(37)34(26(23)36)20-11-7-17(30)8-12-20/h2-13,22-24H,14H2,1H3,(H,32,35)/t22-,23-,24+/m0/s1. The number of thioether (sulfide) groups is 1. The zero-order valence-electron chi connectivity index (χ0n) is 21.0. The Labute approximate surface area is 254 Å². The van der Waals surface area contributed by atoms with E-state index in [0.717, 1.165) is 31.4 Å². The number of nitrogens with zero attached hydrogens (tertiary/aromatic N) is 2. The van der Waals surface area contributed by atoms with Crippen molar-refractivity contribution < 1.29 is 14.4 Å². The van der Waals surface area contributed by atoms with Crippen molar-refractivity contribution >= 4 is 84.1 Å². The minimum atomic E-state index is -0.743. The molecule has 6 rings (SSSR count). The zero-order chi connectivity index (χ0) is 28.1. The Kier molecular flexibility index (Phi) is 7.32. The molecular weight excluding hydrogens is 678 g/mol. The first-order valence-electron chi connectivity index (χ1n) is 12.4. The molecule has 202 valence electrons. The van der Waals surface area contributed by atoms with Crippen LogP contribution in [0.1, 0.15) is 21.9 Å². The fourth-order valence-electron chi connectivity index (χ4n) is 5.14. The number of rotatable bonds is 5. The topological polar surface area (TPSA) is 88.5 Å². The number of aryl methyl sites for hydroxylation is 1. The molecule has 2 aliphatic heterocycles. The Morgan fingerprint density at radius 2 is 1.65 bits per heavy atom. The van der Waals surface area contributed by atoms with Crippen LogP contribution in [0.25, 0.3) is 0 Å². The first-order chi connectivity index (χ1) is 19.2. The van der Waals surface area contributed by atoms with E-state index in [9.17, 15) is 19.2 Å². The summed E-state index contributed by atoms with van der Waals surface area (Å²) >= 11 is 9.16. The maximum absolute atomic E-state index is 13.9. The van der Waals surface area contributed by atoms with Crippen molar-refractivity contribution in [3.63, 3.8) is 0 Å². The molecule has 2 aliphatic rings. The predicted octanol–water partition coefficient (Wildman–Crippen LogP) is 6.18. The number of benzene rings is 3. The number of imide groups is 1. The number of aromatic nitrogens is 1. The van der Waals surface area contributed by atoms with E-state index in [-0.39, 0.29) is 29.1 Å². The highest BCUT2D eigenvalue weighted by molar-refractivity contribution is 9.10. The summed E-state index contributed by atoms with van der Waals surface area (Å²) in [7, 11) is 0. The molecule has 3 amide bonds. The van der Waals surface area contributed by atoms with Crippen molar-refractivity contribution in [3.8, 4) is 0 Å². The lowest BCUT2D eigenvalue weighted by Crippen LogP contribution is -2.33. The van der Waals surface area contributed by atoms with Crippen LogP contribution in [0.2, 0.25) is 0 Å². The lowest BCUT2D eigenvalue weighted by atomic mass is 9.83. The molecule has 0 unspecified atom stereocenters. The molecule has 0 bridgehead atoms. The molecule has 3 atom stereocenters. The lowest BCUT2D eigenvalue weighted by Gasteiger charge is -2.30. The highest BCUT2D eigenvalue weighted by atomic mass is 79.9. The van der Waals surface area contributed by atoms with E-state index >= 15 is 0 Å².